The van der Waals surface area contributed by atoms with Crippen molar-refractivity contribution in [3.8, 4) is 0 Å². The van der Waals surface area contributed by atoms with Crippen LogP contribution in [0.1, 0.15) is 85.5 Å². The van der Waals surface area contributed by atoms with Gasteiger partial charge >= 0.3 is 0 Å². The van der Waals surface area contributed by atoms with Crippen LogP contribution in [-0.2, 0) is 4.79 Å². The molecule has 23 heavy (non-hydrogen) atoms. The van der Waals surface area contributed by atoms with Gasteiger partial charge in [-0.25, -0.2) is 0 Å². The first-order valence-corrected chi connectivity index (χ1v) is 9.88. The lowest BCUT2D eigenvalue weighted by Crippen LogP contribution is -2.59. The summed E-state index contributed by atoms with van der Waals surface area (Å²) in [6.45, 7) is 9.35. The zero-order valence-corrected chi connectivity index (χ0v) is 15.5. The molecular weight excluding hydrogens is 284 g/mol. The van der Waals surface area contributed by atoms with Crippen LogP contribution in [0.5, 0.6) is 0 Å². The van der Waals surface area contributed by atoms with Gasteiger partial charge in [0.25, 0.3) is 0 Å². The maximum atomic E-state index is 12.6. The van der Waals surface area contributed by atoms with Crippen LogP contribution in [0.3, 0.4) is 0 Å². The van der Waals surface area contributed by atoms with Crippen molar-refractivity contribution in [2.24, 2.45) is 34.0 Å². The van der Waals surface area contributed by atoms with Crippen molar-refractivity contribution >= 4 is 5.78 Å². The molecular formula is C21H34O2. The Bertz CT molecular complexity index is 538. The van der Waals surface area contributed by atoms with Crippen molar-refractivity contribution in [2.45, 2.75) is 91.1 Å². The molecule has 7 atom stereocenters. The van der Waals surface area contributed by atoms with Gasteiger partial charge in [-0.3, -0.25) is 4.79 Å². The standard InChI is InChI=1S/C21H34O2/c1-18(23)11-12-19(2)14(13-18)7-9-20(3)15-5-6-17(22)21(15,4)10-8-16(19)20/h14-16,23H,5-13H2,1-4H3/t14-,15+,16-,18-,19+,20+,21+/m1/s1. The molecule has 1 N–H and O–H groups in total. The maximum Gasteiger partial charge on any atom is 0.139 e. The number of hydrogen-bond acceptors (Lipinski definition) is 2. The summed E-state index contributed by atoms with van der Waals surface area (Å²) in [7, 11) is 0. The van der Waals surface area contributed by atoms with Gasteiger partial charge in [0.05, 0.1) is 5.60 Å². The Hall–Kier alpha value is -0.370. The summed E-state index contributed by atoms with van der Waals surface area (Å²) in [5.41, 5.74) is 0.231. The number of rotatable bonds is 0. The Kier molecular flexibility index (Phi) is 3.24. The zero-order valence-electron chi connectivity index (χ0n) is 15.5. The fourth-order valence-electron chi connectivity index (χ4n) is 7.88. The van der Waals surface area contributed by atoms with Gasteiger partial charge in [-0.05, 0) is 86.9 Å². The molecule has 0 saturated heterocycles. The second-order valence-corrected chi connectivity index (χ2v) is 10.5. The number of fused-ring (bicyclic) bond motifs is 5. The van der Waals surface area contributed by atoms with Crippen LogP contribution in [0.4, 0.5) is 0 Å². The Morgan fingerprint density at radius 2 is 1.61 bits per heavy atom. The summed E-state index contributed by atoms with van der Waals surface area (Å²) in [4.78, 5) is 12.6. The third kappa shape index (κ3) is 2.00. The molecule has 0 spiro atoms. The van der Waals surface area contributed by atoms with Gasteiger partial charge in [-0.15, -0.1) is 0 Å². The summed E-state index contributed by atoms with van der Waals surface area (Å²) < 4.78 is 0. The maximum absolute atomic E-state index is 12.6. The minimum atomic E-state index is -0.454. The molecule has 0 aromatic heterocycles. The SMILES string of the molecule is C[C@@]1(O)CC[C@@]2(C)[C@H](CC[C@]3(C)[C@@H]2CC[C@]2(C)C(=O)CC[C@@H]32)C1. The van der Waals surface area contributed by atoms with E-state index in [2.05, 4.69) is 20.8 Å². The first-order valence-electron chi connectivity index (χ1n) is 9.88. The monoisotopic (exact) mass is 318 g/mol. The number of carbonyl (C=O) groups excluding carboxylic acids is 1. The molecule has 0 heterocycles. The molecule has 0 amide bonds. The molecule has 4 aliphatic carbocycles. The lowest BCUT2D eigenvalue weighted by Gasteiger charge is -2.65. The Morgan fingerprint density at radius 1 is 0.870 bits per heavy atom. The second kappa shape index (κ2) is 4.62. The van der Waals surface area contributed by atoms with E-state index in [1.165, 1.54) is 25.7 Å². The number of Topliss-reactive ketones (excluding diaryl/α,β-unsaturated/α-hetero) is 1. The summed E-state index contributed by atoms with van der Waals surface area (Å²) in [5, 5.41) is 10.6. The smallest absolute Gasteiger partial charge is 0.139 e. The largest absolute Gasteiger partial charge is 0.390 e. The van der Waals surface area contributed by atoms with Gasteiger partial charge in [0, 0.05) is 11.8 Å². The average Bonchev–Trinajstić information content (AvgIpc) is 2.77. The number of hydrogen-bond donors (Lipinski definition) is 1. The van der Waals surface area contributed by atoms with E-state index in [1.807, 2.05) is 6.92 Å². The summed E-state index contributed by atoms with van der Waals surface area (Å²) in [6.07, 6.45) is 9.90. The molecule has 2 heteroatoms. The molecule has 0 aliphatic heterocycles. The molecule has 0 aromatic carbocycles. The van der Waals surface area contributed by atoms with Crippen molar-refractivity contribution in [3.63, 3.8) is 0 Å². The van der Waals surface area contributed by atoms with Crippen LogP contribution in [-0.4, -0.2) is 16.5 Å². The van der Waals surface area contributed by atoms with Gasteiger partial charge in [-0.1, -0.05) is 20.8 Å². The Labute approximate surface area is 141 Å². The molecule has 0 bridgehead atoms. The predicted octanol–water partition coefficient (Wildman–Crippen LogP) is 4.74. The van der Waals surface area contributed by atoms with Gasteiger partial charge < -0.3 is 5.11 Å². The highest BCUT2D eigenvalue weighted by atomic mass is 16.3. The average molecular weight is 319 g/mol. The molecule has 0 unspecified atom stereocenters. The van der Waals surface area contributed by atoms with Crippen molar-refractivity contribution in [1.29, 1.82) is 0 Å². The fourth-order valence-corrected chi connectivity index (χ4v) is 7.88. The molecule has 2 nitrogen and oxygen atoms in total. The lowest BCUT2D eigenvalue weighted by molar-refractivity contribution is -0.183. The van der Waals surface area contributed by atoms with Crippen LogP contribution < -0.4 is 0 Å². The second-order valence-electron chi connectivity index (χ2n) is 10.5. The highest BCUT2D eigenvalue weighted by molar-refractivity contribution is 5.87. The first kappa shape index (κ1) is 16.1. The van der Waals surface area contributed by atoms with E-state index in [-0.39, 0.29) is 5.41 Å². The van der Waals surface area contributed by atoms with Gasteiger partial charge in [-0.2, -0.15) is 0 Å². The van der Waals surface area contributed by atoms with Crippen LogP contribution in [0.15, 0.2) is 0 Å². The molecule has 4 aliphatic rings. The van der Waals surface area contributed by atoms with E-state index < -0.39 is 5.60 Å². The van der Waals surface area contributed by atoms with Gasteiger partial charge in [0.15, 0.2) is 0 Å². The molecule has 130 valence electrons. The Balaban J connectivity index is 1.70. The number of aliphatic hydroxyl groups is 1. The van der Waals surface area contributed by atoms with Crippen LogP contribution in [0.25, 0.3) is 0 Å². The van der Waals surface area contributed by atoms with Crippen molar-refractivity contribution in [2.75, 3.05) is 0 Å². The van der Waals surface area contributed by atoms with Crippen LogP contribution in [0.2, 0.25) is 0 Å². The molecule has 4 saturated carbocycles. The highest BCUT2D eigenvalue weighted by Gasteiger charge is 2.65. The number of ketones is 1. The topological polar surface area (TPSA) is 37.3 Å². The van der Waals surface area contributed by atoms with Gasteiger partial charge in [0.2, 0.25) is 0 Å². The van der Waals surface area contributed by atoms with Crippen molar-refractivity contribution < 1.29 is 9.90 Å². The third-order valence-electron chi connectivity index (χ3n) is 9.26. The summed E-state index contributed by atoms with van der Waals surface area (Å²) in [6, 6.07) is 0. The van der Waals surface area contributed by atoms with Crippen LogP contribution in [0, 0.1) is 34.0 Å². The van der Waals surface area contributed by atoms with E-state index in [0.29, 0.717) is 28.4 Å². The summed E-state index contributed by atoms with van der Waals surface area (Å²) >= 11 is 0. The zero-order chi connectivity index (χ0) is 16.7. The van der Waals surface area contributed by atoms with Crippen molar-refractivity contribution in [1.82, 2.24) is 0 Å². The number of carbonyl (C=O) groups is 1. The van der Waals surface area contributed by atoms with Crippen LogP contribution >= 0.6 is 0 Å². The predicted molar refractivity (Wildman–Crippen MR) is 92.0 cm³/mol. The molecule has 4 fully saturated rings. The summed E-state index contributed by atoms with van der Waals surface area (Å²) in [5.74, 6) is 2.56. The third-order valence-corrected chi connectivity index (χ3v) is 9.26. The normalized spacial score (nSPS) is 59.2. The lowest BCUT2D eigenvalue weighted by atomic mass is 9.39. The van der Waals surface area contributed by atoms with E-state index in [0.717, 1.165) is 38.0 Å². The fraction of sp³-hybridized carbons (Fsp3) is 0.952. The van der Waals surface area contributed by atoms with Gasteiger partial charge in [0.1, 0.15) is 5.78 Å². The molecule has 4 rings (SSSR count). The first-order chi connectivity index (χ1) is 10.6. The molecule has 0 radical (unpaired) electrons. The highest BCUT2D eigenvalue weighted by Crippen LogP contribution is 2.71. The van der Waals surface area contributed by atoms with E-state index in [9.17, 15) is 9.90 Å². The molecule has 0 aromatic rings. The van der Waals surface area contributed by atoms with Crippen molar-refractivity contribution in [3.05, 3.63) is 0 Å². The minimum absolute atomic E-state index is 0.0331. The van der Waals surface area contributed by atoms with E-state index in [1.54, 1.807) is 0 Å². The van der Waals surface area contributed by atoms with E-state index in [4.69, 9.17) is 0 Å². The Morgan fingerprint density at radius 3 is 2.35 bits per heavy atom. The quantitative estimate of drug-likeness (QED) is 0.700. The van der Waals surface area contributed by atoms with E-state index >= 15 is 0 Å². The minimum Gasteiger partial charge on any atom is -0.390 e.